The summed E-state index contributed by atoms with van der Waals surface area (Å²) in [5.74, 6) is -1.07. The molecule has 0 bridgehead atoms. The third-order valence-electron chi connectivity index (χ3n) is 4.54. The Labute approximate surface area is 133 Å². The molecule has 0 fully saturated rings. The van der Waals surface area contributed by atoms with Crippen LogP contribution < -0.4 is 0 Å². The molecule has 23 heavy (non-hydrogen) atoms. The first kappa shape index (κ1) is 13.7. The van der Waals surface area contributed by atoms with Crippen LogP contribution in [0.5, 0.6) is 0 Å². The first-order chi connectivity index (χ1) is 11.2. The Balaban J connectivity index is 1.91. The molecule has 2 aromatic carbocycles. The first-order valence-corrected chi connectivity index (χ1v) is 7.51. The van der Waals surface area contributed by atoms with Gasteiger partial charge in [-0.2, -0.15) is 0 Å². The van der Waals surface area contributed by atoms with Gasteiger partial charge in [-0.25, -0.2) is 9.59 Å². The second-order valence-corrected chi connectivity index (χ2v) is 5.78. The number of rotatable bonds is 2. The van der Waals surface area contributed by atoms with Crippen LogP contribution in [0.15, 0.2) is 84.0 Å². The van der Waals surface area contributed by atoms with E-state index in [9.17, 15) is 9.59 Å². The van der Waals surface area contributed by atoms with E-state index in [2.05, 4.69) is 0 Å². The lowest BCUT2D eigenvalue weighted by Gasteiger charge is -2.34. The van der Waals surface area contributed by atoms with Crippen LogP contribution in [0.3, 0.4) is 0 Å². The highest BCUT2D eigenvalue weighted by Gasteiger charge is 2.43. The molecule has 0 saturated carbocycles. The highest BCUT2D eigenvalue weighted by atomic mass is 16.6. The molecule has 0 saturated heterocycles. The fourth-order valence-corrected chi connectivity index (χ4v) is 3.37. The van der Waals surface area contributed by atoms with Crippen LogP contribution in [0, 0.1) is 0 Å². The number of carbonyl (C=O) groups excluding carboxylic acids is 2. The molecule has 2 aromatic rings. The largest absolute Gasteiger partial charge is 0.386 e. The Morgan fingerprint density at radius 2 is 1.35 bits per heavy atom. The Morgan fingerprint density at radius 3 is 1.91 bits per heavy atom. The smallest absolute Gasteiger partial charge is 0.346 e. The molecular weight excluding hydrogens is 288 g/mol. The van der Waals surface area contributed by atoms with E-state index in [0.29, 0.717) is 17.6 Å². The molecule has 1 heterocycles. The van der Waals surface area contributed by atoms with Gasteiger partial charge in [0.15, 0.2) is 0 Å². The van der Waals surface area contributed by atoms with Crippen molar-refractivity contribution in [1.29, 1.82) is 0 Å². The predicted molar refractivity (Wildman–Crippen MR) is 85.5 cm³/mol. The van der Waals surface area contributed by atoms with Crippen molar-refractivity contribution in [3.63, 3.8) is 0 Å². The van der Waals surface area contributed by atoms with E-state index >= 15 is 0 Å². The molecule has 2 aliphatic rings. The van der Waals surface area contributed by atoms with Gasteiger partial charge in [-0.3, -0.25) is 0 Å². The summed E-state index contributed by atoms with van der Waals surface area (Å²) in [5, 5.41) is 0. The summed E-state index contributed by atoms with van der Waals surface area (Å²) in [4.78, 5) is 23.8. The van der Waals surface area contributed by atoms with Crippen molar-refractivity contribution in [2.45, 2.75) is 11.8 Å². The van der Waals surface area contributed by atoms with Crippen molar-refractivity contribution in [1.82, 2.24) is 0 Å². The van der Waals surface area contributed by atoms with E-state index in [4.69, 9.17) is 4.74 Å². The topological polar surface area (TPSA) is 43.4 Å². The van der Waals surface area contributed by atoms with Gasteiger partial charge in [0.1, 0.15) is 0 Å². The highest BCUT2D eigenvalue weighted by Crippen LogP contribution is 2.44. The zero-order valence-corrected chi connectivity index (χ0v) is 12.4. The molecule has 1 aliphatic heterocycles. The van der Waals surface area contributed by atoms with Crippen LogP contribution >= 0.6 is 0 Å². The van der Waals surface area contributed by atoms with Gasteiger partial charge in [-0.05, 0) is 23.6 Å². The van der Waals surface area contributed by atoms with Crippen molar-refractivity contribution in [2.75, 3.05) is 0 Å². The summed E-state index contributed by atoms with van der Waals surface area (Å²) in [6.07, 6.45) is 4.17. The van der Waals surface area contributed by atoms with Crippen molar-refractivity contribution in [2.24, 2.45) is 0 Å². The number of hydrogen-bond donors (Lipinski definition) is 0. The number of esters is 2. The molecule has 0 radical (unpaired) electrons. The van der Waals surface area contributed by atoms with Gasteiger partial charge in [0.2, 0.25) is 0 Å². The maximum atomic E-state index is 12.0. The summed E-state index contributed by atoms with van der Waals surface area (Å²) < 4.78 is 4.77. The fourth-order valence-electron chi connectivity index (χ4n) is 3.37. The number of ether oxygens (including phenoxy) is 1. The highest BCUT2D eigenvalue weighted by molar-refractivity contribution is 6.14. The van der Waals surface area contributed by atoms with E-state index < -0.39 is 17.4 Å². The summed E-state index contributed by atoms with van der Waals surface area (Å²) in [6.45, 7) is 0. The molecule has 0 spiro atoms. The Hall–Kier alpha value is -2.94. The number of cyclic esters (lactones) is 2. The maximum absolute atomic E-state index is 12.0. The molecule has 3 heteroatoms. The summed E-state index contributed by atoms with van der Waals surface area (Å²) in [7, 11) is 0. The lowest BCUT2D eigenvalue weighted by atomic mass is 9.67. The predicted octanol–water partition coefficient (Wildman–Crippen LogP) is 3.31. The molecule has 112 valence electrons. The van der Waals surface area contributed by atoms with Gasteiger partial charge >= 0.3 is 11.9 Å². The number of hydrogen-bond acceptors (Lipinski definition) is 3. The van der Waals surface area contributed by atoms with E-state index in [-0.39, 0.29) is 0 Å². The van der Waals surface area contributed by atoms with Crippen LogP contribution in [-0.2, 0) is 19.7 Å². The second kappa shape index (κ2) is 5.06. The van der Waals surface area contributed by atoms with Crippen molar-refractivity contribution in [3.05, 3.63) is 95.1 Å². The van der Waals surface area contributed by atoms with Crippen LogP contribution in [0.1, 0.15) is 17.5 Å². The molecule has 4 rings (SSSR count). The van der Waals surface area contributed by atoms with Gasteiger partial charge in [0.25, 0.3) is 0 Å². The molecule has 0 unspecified atom stereocenters. The van der Waals surface area contributed by atoms with Crippen molar-refractivity contribution >= 4 is 11.9 Å². The number of allylic oxidation sites excluding steroid dienone is 1. The lowest BCUT2D eigenvalue weighted by molar-refractivity contribution is -0.151. The van der Waals surface area contributed by atoms with Crippen LogP contribution in [0.2, 0.25) is 0 Å². The van der Waals surface area contributed by atoms with Crippen LogP contribution in [-0.4, -0.2) is 11.9 Å². The third-order valence-corrected chi connectivity index (χ3v) is 4.54. The quantitative estimate of drug-likeness (QED) is 0.631. The fraction of sp³-hybridized carbons (Fsp3) is 0.100. The SMILES string of the molecule is O=C1OC(=O)C2=C1C=CC(c1ccccc1)(c1ccccc1)C2. The molecule has 0 N–H and O–H groups in total. The number of benzene rings is 2. The van der Waals surface area contributed by atoms with E-state index in [1.165, 1.54) is 0 Å². The zero-order valence-electron chi connectivity index (χ0n) is 12.4. The Bertz CT molecular complexity index is 805. The minimum Gasteiger partial charge on any atom is -0.386 e. The van der Waals surface area contributed by atoms with Gasteiger partial charge in [0, 0.05) is 5.41 Å². The molecule has 0 atom stereocenters. The Morgan fingerprint density at radius 1 is 0.783 bits per heavy atom. The zero-order chi connectivity index (χ0) is 15.9. The van der Waals surface area contributed by atoms with Gasteiger partial charge in [-0.15, -0.1) is 0 Å². The van der Waals surface area contributed by atoms with Crippen LogP contribution in [0.25, 0.3) is 0 Å². The van der Waals surface area contributed by atoms with Crippen molar-refractivity contribution < 1.29 is 14.3 Å². The monoisotopic (exact) mass is 302 g/mol. The van der Waals surface area contributed by atoms with E-state index in [1.807, 2.05) is 66.7 Å². The van der Waals surface area contributed by atoms with Gasteiger partial charge in [-0.1, -0.05) is 66.7 Å². The average Bonchev–Trinajstić information content (AvgIpc) is 2.90. The standard InChI is InChI=1S/C20H14O3/c21-18-16-11-12-20(13-17(16)19(22)23-18,14-7-3-1-4-8-14)15-9-5-2-6-10-15/h1-12H,13H2. The number of carbonyl (C=O) groups is 2. The lowest BCUT2D eigenvalue weighted by Crippen LogP contribution is -2.29. The summed E-state index contributed by atoms with van der Waals surface area (Å²) in [6, 6.07) is 20.0. The average molecular weight is 302 g/mol. The summed E-state index contributed by atoms with van der Waals surface area (Å²) >= 11 is 0. The van der Waals surface area contributed by atoms with Gasteiger partial charge < -0.3 is 4.74 Å². The normalized spacial score (nSPS) is 18.8. The van der Waals surface area contributed by atoms with Crippen molar-refractivity contribution in [3.8, 4) is 0 Å². The minimum absolute atomic E-state index is 0.387. The van der Waals surface area contributed by atoms with Crippen LogP contribution in [0.4, 0.5) is 0 Å². The first-order valence-electron chi connectivity index (χ1n) is 7.51. The Kier molecular flexibility index (Phi) is 3.01. The molecule has 1 aliphatic carbocycles. The van der Waals surface area contributed by atoms with Gasteiger partial charge in [0.05, 0.1) is 11.1 Å². The minimum atomic E-state index is -0.545. The maximum Gasteiger partial charge on any atom is 0.346 e. The summed E-state index contributed by atoms with van der Waals surface area (Å²) in [5.41, 5.74) is 2.55. The van der Waals surface area contributed by atoms with E-state index in [1.54, 1.807) is 6.08 Å². The molecule has 0 aromatic heterocycles. The second-order valence-electron chi connectivity index (χ2n) is 5.78. The molecular formula is C20H14O3. The molecule has 0 amide bonds. The third kappa shape index (κ3) is 2.05. The molecule has 3 nitrogen and oxygen atoms in total. The van der Waals surface area contributed by atoms with E-state index in [0.717, 1.165) is 11.1 Å².